The van der Waals surface area contributed by atoms with Crippen LogP contribution < -0.4 is 9.46 Å². The lowest BCUT2D eigenvalue weighted by Crippen LogP contribution is -2.16. The summed E-state index contributed by atoms with van der Waals surface area (Å²) in [5, 5.41) is 2.11. The van der Waals surface area contributed by atoms with Gasteiger partial charge in [-0.3, -0.25) is 4.72 Å². The van der Waals surface area contributed by atoms with Gasteiger partial charge in [0.25, 0.3) is 0 Å². The van der Waals surface area contributed by atoms with Crippen LogP contribution in [0.15, 0.2) is 66.7 Å². The molecule has 0 aliphatic rings. The Labute approximate surface area is 154 Å². The van der Waals surface area contributed by atoms with Gasteiger partial charge in [0.05, 0.1) is 11.4 Å². The molecule has 3 aromatic rings. The first-order valence-corrected chi connectivity index (χ1v) is 10.5. The van der Waals surface area contributed by atoms with Crippen LogP contribution in [-0.4, -0.2) is 14.2 Å². The Hall–Kier alpha value is -2.53. The average Bonchev–Trinajstić information content (AvgIpc) is 2.62. The fraction of sp³-hybridized carbons (Fsp3) is 0.238. The van der Waals surface area contributed by atoms with Gasteiger partial charge in [0.1, 0.15) is 11.5 Å². The molecule has 3 aromatic carbocycles. The SMILES string of the molecule is CCCCCS(=O)(=O)Nc1cccc(Oc2cccc3ccccc23)c1. The quantitative estimate of drug-likeness (QED) is 0.529. The Morgan fingerprint density at radius 1 is 0.923 bits per heavy atom. The normalized spacial score (nSPS) is 11.4. The lowest BCUT2D eigenvalue weighted by atomic mass is 10.1. The van der Waals surface area contributed by atoms with E-state index in [0.717, 1.165) is 29.4 Å². The van der Waals surface area contributed by atoms with Crippen LogP contribution in [0, 0.1) is 0 Å². The van der Waals surface area contributed by atoms with Crippen molar-refractivity contribution in [3.63, 3.8) is 0 Å². The van der Waals surface area contributed by atoms with Gasteiger partial charge in [0.2, 0.25) is 10.0 Å². The average molecular weight is 369 g/mol. The minimum atomic E-state index is -3.34. The molecule has 0 spiro atoms. The van der Waals surface area contributed by atoms with E-state index in [4.69, 9.17) is 4.74 Å². The van der Waals surface area contributed by atoms with E-state index in [1.165, 1.54) is 0 Å². The second-order valence-corrected chi connectivity index (χ2v) is 8.08. The van der Waals surface area contributed by atoms with Gasteiger partial charge in [-0.2, -0.15) is 0 Å². The third kappa shape index (κ3) is 4.76. The molecule has 0 saturated carbocycles. The van der Waals surface area contributed by atoms with Crippen molar-refractivity contribution in [1.82, 2.24) is 0 Å². The Bertz CT molecular complexity index is 978. The summed E-state index contributed by atoms with van der Waals surface area (Å²) in [5.41, 5.74) is 0.513. The van der Waals surface area contributed by atoms with Gasteiger partial charge >= 0.3 is 0 Å². The van der Waals surface area contributed by atoms with Crippen molar-refractivity contribution in [2.75, 3.05) is 10.5 Å². The summed E-state index contributed by atoms with van der Waals surface area (Å²) in [6.07, 6.45) is 2.56. The van der Waals surface area contributed by atoms with Crippen LogP contribution in [0.3, 0.4) is 0 Å². The highest BCUT2D eigenvalue weighted by Gasteiger charge is 2.11. The summed E-state index contributed by atoms with van der Waals surface area (Å²) < 4.78 is 33.0. The zero-order valence-electron chi connectivity index (χ0n) is 14.8. The first-order chi connectivity index (χ1) is 12.6. The van der Waals surface area contributed by atoms with Gasteiger partial charge in [-0.15, -0.1) is 0 Å². The van der Waals surface area contributed by atoms with Crippen LogP contribution in [0.25, 0.3) is 10.8 Å². The maximum atomic E-state index is 12.2. The Balaban J connectivity index is 1.77. The molecule has 5 heteroatoms. The van der Waals surface area contributed by atoms with Gasteiger partial charge in [0.15, 0.2) is 0 Å². The highest BCUT2D eigenvalue weighted by atomic mass is 32.2. The number of sulfonamides is 1. The molecule has 0 saturated heterocycles. The smallest absolute Gasteiger partial charge is 0.232 e. The van der Waals surface area contributed by atoms with E-state index >= 15 is 0 Å². The van der Waals surface area contributed by atoms with Crippen molar-refractivity contribution in [2.45, 2.75) is 26.2 Å². The van der Waals surface area contributed by atoms with Crippen molar-refractivity contribution in [3.05, 3.63) is 66.7 Å². The highest BCUT2D eigenvalue weighted by Crippen LogP contribution is 2.31. The third-order valence-corrected chi connectivity index (χ3v) is 5.47. The summed E-state index contributed by atoms with van der Waals surface area (Å²) >= 11 is 0. The molecule has 0 aromatic heterocycles. The molecule has 0 unspecified atom stereocenters. The molecule has 0 aliphatic carbocycles. The van der Waals surface area contributed by atoms with Crippen molar-refractivity contribution < 1.29 is 13.2 Å². The number of fused-ring (bicyclic) bond motifs is 1. The predicted octanol–water partition coefficient (Wildman–Crippen LogP) is 5.56. The maximum Gasteiger partial charge on any atom is 0.232 e. The molecular formula is C21H23NO3S. The van der Waals surface area contributed by atoms with E-state index in [0.29, 0.717) is 17.9 Å². The van der Waals surface area contributed by atoms with Gasteiger partial charge in [-0.25, -0.2) is 8.42 Å². The summed E-state index contributed by atoms with van der Waals surface area (Å²) in [7, 11) is -3.34. The molecule has 0 aliphatic heterocycles. The predicted molar refractivity (Wildman–Crippen MR) is 107 cm³/mol. The second-order valence-electron chi connectivity index (χ2n) is 6.24. The lowest BCUT2D eigenvalue weighted by molar-refractivity contribution is 0.488. The van der Waals surface area contributed by atoms with E-state index in [1.54, 1.807) is 18.2 Å². The third-order valence-electron chi connectivity index (χ3n) is 4.10. The van der Waals surface area contributed by atoms with Crippen molar-refractivity contribution in [3.8, 4) is 11.5 Å². The number of benzene rings is 3. The molecule has 0 atom stereocenters. The van der Waals surface area contributed by atoms with Gasteiger partial charge in [-0.05, 0) is 30.0 Å². The van der Waals surface area contributed by atoms with Crippen molar-refractivity contribution in [2.24, 2.45) is 0 Å². The number of rotatable bonds is 8. The van der Waals surface area contributed by atoms with Gasteiger partial charge in [-0.1, -0.05) is 62.2 Å². The fourth-order valence-electron chi connectivity index (χ4n) is 2.81. The molecular weight excluding hydrogens is 346 g/mol. The van der Waals surface area contributed by atoms with Gasteiger partial charge in [0, 0.05) is 11.5 Å². The van der Waals surface area contributed by atoms with Crippen LogP contribution in [0.2, 0.25) is 0 Å². The number of hydrogen-bond acceptors (Lipinski definition) is 3. The number of anilines is 1. The highest BCUT2D eigenvalue weighted by molar-refractivity contribution is 7.92. The minimum Gasteiger partial charge on any atom is -0.457 e. The summed E-state index contributed by atoms with van der Waals surface area (Å²) in [6, 6.07) is 20.9. The molecule has 0 bridgehead atoms. The molecule has 136 valence electrons. The fourth-order valence-corrected chi connectivity index (χ4v) is 3.98. The molecule has 0 amide bonds. The van der Waals surface area contributed by atoms with Crippen molar-refractivity contribution in [1.29, 1.82) is 0 Å². The van der Waals surface area contributed by atoms with Crippen molar-refractivity contribution >= 4 is 26.5 Å². The van der Waals surface area contributed by atoms with Crippen LogP contribution >= 0.6 is 0 Å². The number of ether oxygens (including phenoxy) is 1. The Morgan fingerprint density at radius 2 is 1.69 bits per heavy atom. The van der Waals surface area contributed by atoms with Crippen LogP contribution in [0.1, 0.15) is 26.2 Å². The molecule has 0 heterocycles. The Morgan fingerprint density at radius 3 is 2.54 bits per heavy atom. The van der Waals surface area contributed by atoms with Crippen LogP contribution in [-0.2, 0) is 10.0 Å². The standard InChI is InChI=1S/C21H23NO3S/c1-2-3-6-15-26(23,24)22-18-11-8-12-19(16-18)25-21-14-7-10-17-9-4-5-13-20(17)21/h4-5,7-14,16,22H,2-3,6,15H2,1H3. The molecule has 0 radical (unpaired) electrons. The first kappa shape index (κ1) is 18.3. The Kier molecular flexibility index (Phi) is 5.78. The number of unbranched alkanes of at least 4 members (excludes halogenated alkanes) is 2. The minimum absolute atomic E-state index is 0.134. The van der Waals surface area contributed by atoms with E-state index in [2.05, 4.69) is 4.72 Å². The van der Waals surface area contributed by atoms with E-state index in [-0.39, 0.29) is 5.75 Å². The summed E-state index contributed by atoms with van der Waals surface area (Å²) in [5.74, 6) is 1.47. The van der Waals surface area contributed by atoms with Crippen LogP contribution in [0.4, 0.5) is 5.69 Å². The number of hydrogen-bond donors (Lipinski definition) is 1. The van der Waals surface area contributed by atoms with Gasteiger partial charge < -0.3 is 4.74 Å². The lowest BCUT2D eigenvalue weighted by Gasteiger charge is -2.11. The first-order valence-electron chi connectivity index (χ1n) is 8.83. The van der Waals surface area contributed by atoms with E-state index in [9.17, 15) is 8.42 Å². The summed E-state index contributed by atoms with van der Waals surface area (Å²) in [6.45, 7) is 2.05. The molecule has 4 nitrogen and oxygen atoms in total. The topological polar surface area (TPSA) is 55.4 Å². The van der Waals surface area contributed by atoms with E-state index < -0.39 is 10.0 Å². The molecule has 0 fully saturated rings. The summed E-state index contributed by atoms with van der Waals surface area (Å²) in [4.78, 5) is 0. The monoisotopic (exact) mass is 369 g/mol. The number of nitrogens with one attached hydrogen (secondary N) is 1. The zero-order valence-corrected chi connectivity index (χ0v) is 15.6. The molecule has 3 rings (SSSR count). The van der Waals surface area contributed by atoms with Crippen LogP contribution in [0.5, 0.6) is 11.5 Å². The molecule has 26 heavy (non-hydrogen) atoms. The largest absolute Gasteiger partial charge is 0.457 e. The van der Waals surface area contributed by atoms with E-state index in [1.807, 2.05) is 55.5 Å². The molecule has 1 N–H and O–H groups in total. The zero-order chi connectivity index (χ0) is 18.4. The second kappa shape index (κ2) is 8.23. The maximum absolute atomic E-state index is 12.2.